The van der Waals surface area contributed by atoms with Gasteiger partial charge in [0, 0.05) is 5.56 Å². The van der Waals surface area contributed by atoms with Gasteiger partial charge in [-0.2, -0.15) is 5.26 Å². The van der Waals surface area contributed by atoms with Gasteiger partial charge in [-0.1, -0.05) is 30.3 Å². The number of nitriles is 1. The van der Waals surface area contributed by atoms with Crippen LogP contribution >= 0.6 is 0 Å². The summed E-state index contributed by atoms with van der Waals surface area (Å²) in [6, 6.07) is 22.0. The monoisotopic (exact) mass is 383 g/mol. The van der Waals surface area contributed by atoms with E-state index in [2.05, 4.69) is 6.07 Å². The molecule has 0 atom stereocenters. The van der Waals surface area contributed by atoms with Gasteiger partial charge in [-0.15, -0.1) is 0 Å². The molecule has 5 heteroatoms. The summed E-state index contributed by atoms with van der Waals surface area (Å²) in [7, 11) is 0. The Labute approximate surface area is 168 Å². The van der Waals surface area contributed by atoms with Crippen molar-refractivity contribution < 1.29 is 19.0 Å². The third kappa shape index (κ3) is 4.45. The van der Waals surface area contributed by atoms with Crippen LogP contribution in [-0.2, 0) is 6.61 Å². The zero-order chi connectivity index (χ0) is 20.1. The molecule has 0 unspecified atom stereocenters. The Morgan fingerprint density at radius 1 is 1.03 bits per heavy atom. The van der Waals surface area contributed by atoms with Crippen molar-refractivity contribution in [1.29, 1.82) is 5.26 Å². The molecule has 1 aliphatic rings. The third-order valence-electron chi connectivity index (χ3n) is 4.40. The van der Waals surface area contributed by atoms with Crippen LogP contribution < -0.4 is 14.2 Å². The molecule has 5 nitrogen and oxygen atoms in total. The number of hydrogen-bond donors (Lipinski definition) is 0. The number of ketones is 1. The summed E-state index contributed by atoms with van der Waals surface area (Å²) in [4.78, 5) is 12.4. The maximum Gasteiger partial charge on any atom is 0.231 e. The minimum absolute atomic E-state index is 0.122. The number of carbonyl (C=O) groups excluding carboxylic acids is 1. The van der Waals surface area contributed by atoms with E-state index in [-0.39, 0.29) is 12.6 Å². The van der Waals surface area contributed by atoms with E-state index in [4.69, 9.17) is 19.5 Å². The number of allylic oxidation sites excluding steroid dienone is 1. The van der Waals surface area contributed by atoms with E-state index in [1.807, 2.05) is 36.4 Å². The largest absolute Gasteiger partial charge is 0.489 e. The van der Waals surface area contributed by atoms with Crippen LogP contribution in [0, 0.1) is 11.3 Å². The average Bonchev–Trinajstić information content (AvgIpc) is 3.24. The van der Waals surface area contributed by atoms with Crippen molar-refractivity contribution in [2.75, 3.05) is 6.79 Å². The van der Waals surface area contributed by atoms with Gasteiger partial charge >= 0.3 is 0 Å². The van der Waals surface area contributed by atoms with Crippen molar-refractivity contribution in [3.05, 3.63) is 95.1 Å². The summed E-state index contributed by atoms with van der Waals surface area (Å²) in [6.07, 6.45) is 3.27. The molecule has 0 amide bonds. The van der Waals surface area contributed by atoms with Crippen LogP contribution in [0.1, 0.15) is 27.0 Å². The Morgan fingerprint density at radius 3 is 2.79 bits per heavy atom. The molecule has 0 fully saturated rings. The van der Waals surface area contributed by atoms with Gasteiger partial charge in [0.15, 0.2) is 17.3 Å². The minimum atomic E-state index is -0.122. The normalized spacial score (nSPS) is 12.0. The highest BCUT2D eigenvalue weighted by Crippen LogP contribution is 2.32. The number of fused-ring (bicyclic) bond motifs is 1. The van der Waals surface area contributed by atoms with Crippen molar-refractivity contribution in [3.63, 3.8) is 0 Å². The van der Waals surface area contributed by atoms with Crippen LogP contribution in [-0.4, -0.2) is 12.6 Å². The molecule has 0 saturated heterocycles. The Bertz CT molecular complexity index is 1130. The molecule has 29 heavy (non-hydrogen) atoms. The predicted octanol–water partition coefficient (Wildman–Crippen LogP) is 4.76. The average molecular weight is 383 g/mol. The summed E-state index contributed by atoms with van der Waals surface area (Å²) in [5.41, 5.74) is 2.91. The second kappa shape index (κ2) is 8.32. The molecule has 0 spiro atoms. The van der Waals surface area contributed by atoms with Gasteiger partial charge in [0.05, 0.1) is 11.6 Å². The van der Waals surface area contributed by atoms with E-state index in [9.17, 15) is 4.79 Å². The summed E-state index contributed by atoms with van der Waals surface area (Å²) in [5.74, 6) is 1.80. The van der Waals surface area contributed by atoms with Gasteiger partial charge in [-0.3, -0.25) is 4.79 Å². The topological polar surface area (TPSA) is 68.5 Å². The van der Waals surface area contributed by atoms with Crippen LogP contribution in [0.15, 0.2) is 72.8 Å². The fourth-order valence-corrected chi connectivity index (χ4v) is 2.92. The zero-order valence-corrected chi connectivity index (χ0v) is 15.5. The van der Waals surface area contributed by atoms with Gasteiger partial charge in [-0.05, 0) is 59.7 Å². The highest BCUT2D eigenvalue weighted by atomic mass is 16.7. The summed E-state index contributed by atoms with van der Waals surface area (Å²) >= 11 is 0. The molecule has 142 valence electrons. The fourth-order valence-electron chi connectivity index (χ4n) is 2.92. The molecule has 3 aromatic rings. The lowest BCUT2D eigenvalue weighted by molar-refractivity contribution is 0.104. The predicted molar refractivity (Wildman–Crippen MR) is 108 cm³/mol. The lowest BCUT2D eigenvalue weighted by Gasteiger charge is -2.07. The Morgan fingerprint density at radius 2 is 1.90 bits per heavy atom. The van der Waals surface area contributed by atoms with Gasteiger partial charge in [0.25, 0.3) is 0 Å². The maximum absolute atomic E-state index is 12.4. The standard InChI is InChI=1S/C24H17NO4/c25-14-18-4-1-5-19(11-18)15-27-21-6-2-3-17(12-21)7-9-22(26)20-8-10-23-24(13-20)29-16-28-23/h1-13H,15-16H2/b9-7+. The first-order valence-electron chi connectivity index (χ1n) is 9.05. The van der Waals surface area contributed by atoms with E-state index in [1.165, 1.54) is 6.08 Å². The maximum atomic E-state index is 12.4. The van der Waals surface area contributed by atoms with Crippen molar-refractivity contribution in [3.8, 4) is 23.3 Å². The first-order chi connectivity index (χ1) is 14.2. The third-order valence-corrected chi connectivity index (χ3v) is 4.40. The fraction of sp³-hybridized carbons (Fsp3) is 0.0833. The van der Waals surface area contributed by atoms with Crippen molar-refractivity contribution >= 4 is 11.9 Å². The molecule has 0 aromatic heterocycles. The second-order valence-corrected chi connectivity index (χ2v) is 6.44. The molecule has 4 rings (SSSR count). The van der Waals surface area contributed by atoms with Crippen molar-refractivity contribution in [1.82, 2.24) is 0 Å². The first-order valence-corrected chi connectivity index (χ1v) is 9.05. The molecule has 0 N–H and O–H groups in total. The number of carbonyl (C=O) groups is 1. The lowest BCUT2D eigenvalue weighted by atomic mass is 10.1. The molecule has 0 saturated carbocycles. The highest BCUT2D eigenvalue weighted by molar-refractivity contribution is 6.07. The lowest BCUT2D eigenvalue weighted by Crippen LogP contribution is -1.96. The van der Waals surface area contributed by atoms with Crippen molar-refractivity contribution in [2.24, 2.45) is 0 Å². The summed E-state index contributed by atoms with van der Waals surface area (Å²) in [5, 5.41) is 8.98. The van der Waals surface area contributed by atoms with Crippen LogP contribution in [0.2, 0.25) is 0 Å². The second-order valence-electron chi connectivity index (χ2n) is 6.44. The van der Waals surface area contributed by atoms with Crippen molar-refractivity contribution in [2.45, 2.75) is 6.61 Å². The van der Waals surface area contributed by atoms with Gasteiger partial charge < -0.3 is 14.2 Å². The van der Waals surface area contributed by atoms with E-state index in [0.29, 0.717) is 35.0 Å². The Hall–Kier alpha value is -4.04. The van der Waals surface area contributed by atoms with Crippen LogP contribution in [0.5, 0.6) is 17.2 Å². The number of rotatable bonds is 6. The first kappa shape index (κ1) is 18.3. The molecular formula is C24H17NO4. The van der Waals surface area contributed by atoms with E-state index >= 15 is 0 Å². The Balaban J connectivity index is 1.41. The molecule has 0 aliphatic carbocycles. The molecule has 1 aliphatic heterocycles. The molecule has 0 radical (unpaired) electrons. The SMILES string of the molecule is N#Cc1cccc(COc2cccc(/C=C/C(=O)c3ccc4c(c3)OCO4)c2)c1. The van der Waals surface area contributed by atoms with E-state index in [1.54, 1.807) is 36.4 Å². The molecule has 1 heterocycles. The van der Waals surface area contributed by atoms with E-state index < -0.39 is 0 Å². The van der Waals surface area contributed by atoms with Crippen LogP contribution in [0.4, 0.5) is 0 Å². The highest BCUT2D eigenvalue weighted by Gasteiger charge is 2.15. The smallest absolute Gasteiger partial charge is 0.231 e. The molecular weight excluding hydrogens is 366 g/mol. The summed E-state index contributed by atoms with van der Waals surface area (Å²) in [6.45, 7) is 0.537. The number of nitrogens with zero attached hydrogens (tertiary/aromatic N) is 1. The van der Waals surface area contributed by atoms with Gasteiger partial charge in [0.2, 0.25) is 6.79 Å². The zero-order valence-electron chi connectivity index (χ0n) is 15.5. The van der Waals surface area contributed by atoms with Gasteiger partial charge in [0.1, 0.15) is 12.4 Å². The Kier molecular flexibility index (Phi) is 5.26. The number of benzene rings is 3. The molecule has 3 aromatic carbocycles. The quantitative estimate of drug-likeness (QED) is 0.453. The van der Waals surface area contributed by atoms with Crippen LogP contribution in [0.3, 0.4) is 0 Å². The van der Waals surface area contributed by atoms with Crippen LogP contribution in [0.25, 0.3) is 6.08 Å². The van der Waals surface area contributed by atoms with E-state index in [0.717, 1.165) is 11.1 Å². The van der Waals surface area contributed by atoms with Gasteiger partial charge in [-0.25, -0.2) is 0 Å². The minimum Gasteiger partial charge on any atom is -0.489 e. The number of hydrogen-bond acceptors (Lipinski definition) is 5. The molecule has 0 bridgehead atoms. The summed E-state index contributed by atoms with van der Waals surface area (Å²) < 4.78 is 16.4. The number of ether oxygens (including phenoxy) is 3.